The molecule has 0 aliphatic carbocycles. The van der Waals surface area contributed by atoms with Crippen LogP contribution in [-0.4, -0.2) is 31.9 Å². The minimum Gasteiger partial charge on any atom is -0.494 e. The Morgan fingerprint density at radius 2 is 1.39 bits per heavy atom. The Balaban J connectivity index is 1.78. The molecule has 0 aromatic heterocycles. The summed E-state index contributed by atoms with van der Waals surface area (Å²) >= 11 is 0. The molecule has 0 amide bonds. The van der Waals surface area contributed by atoms with Crippen LogP contribution in [0.15, 0.2) is 48.5 Å². The van der Waals surface area contributed by atoms with E-state index in [-0.39, 0.29) is 12.1 Å². The molecular formula is C27H38O4. The summed E-state index contributed by atoms with van der Waals surface area (Å²) in [6.07, 6.45) is 8.26. The highest BCUT2D eigenvalue weighted by molar-refractivity contribution is 5.90. The van der Waals surface area contributed by atoms with Crippen molar-refractivity contribution in [1.29, 1.82) is 0 Å². The lowest BCUT2D eigenvalue weighted by atomic mass is 10.0. The van der Waals surface area contributed by atoms with E-state index in [4.69, 9.17) is 14.2 Å². The number of hydrogen-bond acceptors (Lipinski definition) is 4. The predicted octanol–water partition coefficient (Wildman–Crippen LogP) is 7.06. The van der Waals surface area contributed by atoms with Gasteiger partial charge in [-0.1, -0.05) is 70.2 Å². The van der Waals surface area contributed by atoms with Gasteiger partial charge in [-0.05, 0) is 55.2 Å². The number of unbranched alkanes of at least 4 members (excludes halogenated alkanes) is 5. The Labute approximate surface area is 187 Å². The molecule has 0 bridgehead atoms. The van der Waals surface area contributed by atoms with Crippen LogP contribution in [0.1, 0.15) is 76.1 Å². The maximum atomic E-state index is 12.3. The summed E-state index contributed by atoms with van der Waals surface area (Å²) in [5, 5.41) is 0. The third-order valence-electron chi connectivity index (χ3n) is 5.08. The van der Waals surface area contributed by atoms with Crippen LogP contribution < -0.4 is 4.74 Å². The van der Waals surface area contributed by atoms with Gasteiger partial charge in [0.2, 0.25) is 0 Å². The highest BCUT2D eigenvalue weighted by Gasteiger charge is 2.12. The predicted molar refractivity (Wildman–Crippen MR) is 127 cm³/mol. The van der Waals surface area contributed by atoms with E-state index in [0.29, 0.717) is 18.8 Å². The van der Waals surface area contributed by atoms with Crippen LogP contribution in [0, 0.1) is 0 Å². The zero-order chi connectivity index (χ0) is 22.3. The quantitative estimate of drug-likeness (QED) is 0.226. The fourth-order valence-corrected chi connectivity index (χ4v) is 3.29. The van der Waals surface area contributed by atoms with Crippen molar-refractivity contribution in [3.8, 4) is 16.9 Å². The Morgan fingerprint density at radius 3 is 2.03 bits per heavy atom. The van der Waals surface area contributed by atoms with Crippen molar-refractivity contribution >= 4 is 5.97 Å². The highest BCUT2D eigenvalue weighted by atomic mass is 16.6. The smallest absolute Gasteiger partial charge is 0.338 e. The molecule has 0 radical (unpaired) electrons. The molecule has 0 heterocycles. The Hall–Kier alpha value is -2.33. The van der Waals surface area contributed by atoms with Gasteiger partial charge in [-0.25, -0.2) is 4.79 Å². The minimum absolute atomic E-state index is 0.261. The normalized spacial score (nSPS) is 11.8. The second-order valence-electron chi connectivity index (χ2n) is 8.01. The lowest BCUT2D eigenvalue weighted by molar-refractivity contribution is 0.00226. The second-order valence-corrected chi connectivity index (χ2v) is 8.01. The van der Waals surface area contributed by atoms with E-state index >= 15 is 0 Å². The van der Waals surface area contributed by atoms with Gasteiger partial charge < -0.3 is 14.2 Å². The van der Waals surface area contributed by atoms with E-state index in [1.54, 1.807) is 12.1 Å². The van der Waals surface area contributed by atoms with Gasteiger partial charge in [0.25, 0.3) is 0 Å². The van der Waals surface area contributed by atoms with Crippen molar-refractivity contribution < 1.29 is 19.0 Å². The molecule has 2 aromatic carbocycles. The first-order valence-corrected chi connectivity index (χ1v) is 11.8. The standard InChI is InChI=1S/C27H38O4/c1-4-6-7-8-9-10-20-30-26-17-15-24(16-18-26)23-11-13-25(14-12-23)27(28)31-22(3)21-29-19-5-2/h11-18,22H,4-10,19-21H2,1-3H3. The third-order valence-corrected chi connectivity index (χ3v) is 5.08. The van der Waals surface area contributed by atoms with Crippen molar-refractivity contribution in [2.24, 2.45) is 0 Å². The van der Waals surface area contributed by atoms with Crippen molar-refractivity contribution in [2.45, 2.75) is 71.8 Å². The first-order chi connectivity index (χ1) is 15.1. The number of esters is 1. The van der Waals surface area contributed by atoms with Crippen molar-refractivity contribution in [1.82, 2.24) is 0 Å². The Morgan fingerprint density at radius 1 is 0.774 bits per heavy atom. The molecule has 0 spiro atoms. The Bertz CT molecular complexity index is 737. The van der Waals surface area contributed by atoms with Crippen LogP contribution in [0.25, 0.3) is 11.1 Å². The summed E-state index contributed by atoms with van der Waals surface area (Å²) in [7, 11) is 0. The van der Waals surface area contributed by atoms with E-state index in [9.17, 15) is 4.79 Å². The first-order valence-electron chi connectivity index (χ1n) is 11.8. The first kappa shape index (κ1) is 24.9. The van der Waals surface area contributed by atoms with Crippen molar-refractivity contribution in [2.75, 3.05) is 19.8 Å². The number of hydrogen-bond donors (Lipinski definition) is 0. The van der Waals surface area contributed by atoms with Crippen LogP contribution in [0.3, 0.4) is 0 Å². The molecule has 2 rings (SSSR count). The molecule has 0 fully saturated rings. The van der Waals surface area contributed by atoms with E-state index in [2.05, 4.69) is 26.0 Å². The summed E-state index contributed by atoms with van der Waals surface area (Å²) < 4.78 is 16.7. The van der Waals surface area contributed by atoms with Gasteiger partial charge in [0.15, 0.2) is 0 Å². The third kappa shape index (κ3) is 9.56. The Kier molecular flexibility index (Phi) is 11.8. The maximum absolute atomic E-state index is 12.3. The fourth-order valence-electron chi connectivity index (χ4n) is 3.29. The summed E-state index contributed by atoms with van der Waals surface area (Å²) in [6.45, 7) is 8.00. The highest BCUT2D eigenvalue weighted by Crippen LogP contribution is 2.23. The van der Waals surface area contributed by atoms with E-state index in [1.807, 2.05) is 31.2 Å². The molecule has 1 unspecified atom stereocenters. The zero-order valence-electron chi connectivity index (χ0n) is 19.4. The van der Waals surface area contributed by atoms with Crippen LogP contribution in [0.4, 0.5) is 0 Å². The van der Waals surface area contributed by atoms with Crippen molar-refractivity contribution in [3.05, 3.63) is 54.1 Å². The number of rotatable bonds is 15. The lowest BCUT2D eigenvalue weighted by Gasteiger charge is -2.13. The topological polar surface area (TPSA) is 44.8 Å². The molecule has 0 N–H and O–H groups in total. The number of carbonyl (C=O) groups excluding carboxylic acids is 1. The molecule has 0 saturated heterocycles. The second kappa shape index (κ2) is 14.6. The van der Waals surface area contributed by atoms with Crippen LogP contribution in [0.2, 0.25) is 0 Å². The van der Waals surface area contributed by atoms with Gasteiger partial charge in [-0.15, -0.1) is 0 Å². The molecule has 4 heteroatoms. The maximum Gasteiger partial charge on any atom is 0.338 e. The largest absolute Gasteiger partial charge is 0.494 e. The van der Waals surface area contributed by atoms with Crippen LogP contribution >= 0.6 is 0 Å². The lowest BCUT2D eigenvalue weighted by Crippen LogP contribution is -2.20. The molecule has 0 saturated carbocycles. The summed E-state index contributed by atoms with van der Waals surface area (Å²) in [5.41, 5.74) is 2.69. The molecule has 31 heavy (non-hydrogen) atoms. The summed E-state index contributed by atoms with van der Waals surface area (Å²) in [4.78, 5) is 12.3. The van der Waals surface area contributed by atoms with E-state index in [1.165, 1.54) is 32.1 Å². The monoisotopic (exact) mass is 426 g/mol. The molecule has 0 aliphatic rings. The van der Waals surface area contributed by atoms with Gasteiger partial charge in [0.05, 0.1) is 18.8 Å². The molecular weight excluding hydrogens is 388 g/mol. The number of carbonyl (C=O) groups is 1. The number of benzene rings is 2. The minimum atomic E-state index is -0.322. The van der Waals surface area contributed by atoms with Crippen molar-refractivity contribution in [3.63, 3.8) is 0 Å². The van der Waals surface area contributed by atoms with E-state index < -0.39 is 0 Å². The summed E-state index contributed by atoms with van der Waals surface area (Å²) in [5.74, 6) is 0.578. The van der Waals surface area contributed by atoms with Gasteiger partial charge >= 0.3 is 5.97 Å². The average molecular weight is 427 g/mol. The molecule has 170 valence electrons. The van der Waals surface area contributed by atoms with Gasteiger partial charge in [0, 0.05) is 6.61 Å². The SMILES string of the molecule is CCCCCCCCOc1ccc(-c2ccc(C(=O)OC(C)COCCC)cc2)cc1. The molecule has 2 aromatic rings. The van der Waals surface area contributed by atoms with Crippen LogP contribution in [0.5, 0.6) is 5.75 Å². The van der Waals surface area contributed by atoms with Gasteiger partial charge in [-0.2, -0.15) is 0 Å². The van der Waals surface area contributed by atoms with Crippen LogP contribution in [-0.2, 0) is 9.47 Å². The molecule has 0 aliphatic heterocycles. The zero-order valence-corrected chi connectivity index (χ0v) is 19.4. The molecule has 4 nitrogen and oxygen atoms in total. The van der Waals surface area contributed by atoms with Gasteiger partial charge in [0.1, 0.15) is 11.9 Å². The number of ether oxygens (including phenoxy) is 3. The van der Waals surface area contributed by atoms with Gasteiger partial charge in [-0.3, -0.25) is 0 Å². The average Bonchev–Trinajstić information content (AvgIpc) is 2.79. The summed E-state index contributed by atoms with van der Waals surface area (Å²) in [6, 6.07) is 15.6. The van der Waals surface area contributed by atoms with E-state index in [0.717, 1.165) is 36.3 Å². The molecule has 1 atom stereocenters. The fraction of sp³-hybridized carbons (Fsp3) is 0.519.